The highest BCUT2D eigenvalue weighted by Gasteiger charge is 2.10. The van der Waals surface area contributed by atoms with E-state index in [0.717, 1.165) is 22.6 Å². The maximum atomic E-state index is 6.03. The van der Waals surface area contributed by atoms with Crippen molar-refractivity contribution >= 4 is 35.4 Å². The van der Waals surface area contributed by atoms with Crippen LogP contribution in [0.2, 0.25) is 10.0 Å². The Kier molecular flexibility index (Phi) is 4.84. The monoisotopic (exact) mass is 326 g/mol. The summed E-state index contributed by atoms with van der Waals surface area (Å²) in [5.74, 6) is 1.21. The third-order valence-corrected chi connectivity index (χ3v) is 4.19. The second kappa shape index (κ2) is 6.25. The van der Waals surface area contributed by atoms with Crippen molar-refractivity contribution in [2.75, 3.05) is 0 Å². The maximum absolute atomic E-state index is 6.03. The Labute approximate surface area is 134 Å². The molecular formula is C15H16Cl2N2S. The van der Waals surface area contributed by atoms with Crippen molar-refractivity contribution in [2.45, 2.75) is 33.1 Å². The standard InChI is InChI=1S/C15H16Cl2N2S/c1-8(2)14-9(3)18-13(19-15(14)20)7-10-4-5-11(16)12(17)6-10/h4-6,8H,7H2,1-3H3,(H,18,19,20). The van der Waals surface area contributed by atoms with E-state index in [1.54, 1.807) is 6.07 Å². The van der Waals surface area contributed by atoms with E-state index >= 15 is 0 Å². The number of hydrogen-bond donors (Lipinski definition) is 1. The fraction of sp³-hybridized carbons (Fsp3) is 0.333. The molecule has 0 spiro atoms. The second-order valence-electron chi connectivity index (χ2n) is 5.11. The quantitative estimate of drug-likeness (QED) is 0.757. The second-order valence-corrected chi connectivity index (χ2v) is 6.31. The van der Waals surface area contributed by atoms with Crippen LogP contribution in [-0.2, 0) is 6.42 Å². The Morgan fingerprint density at radius 3 is 2.50 bits per heavy atom. The van der Waals surface area contributed by atoms with Crippen LogP contribution in [0, 0.1) is 11.6 Å². The van der Waals surface area contributed by atoms with Crippen LogP contribution in [0.15, 0.2) is 18.2 Å². The van der Waals surface area contributed by atoms with Gasteiger partial charge in [-0.05, 0) is 30.5 Å². The summed E-state index contributed by atoms with van der Waals surface area (Å²) in [6, 6.07) is 5.59. The summed E-state index contributed by atoms with van der Waals surface area (Å²) >= 11 is 17.3. The molecule has 2 rings (SSSR count). The molecule has 1 N–H and O–H groups in total. The van der Waals surface area contributed by atoms with Crippen molar-refractivity contribution in [3.05, 3.63) is 55.5 Å². The van der Waals surface area contributed by atoms with Crippen LogP contribution in [0.1, 0.15) is 42.4 Å². The number of nitrogens with zero attached hydrogens (tertiary/aromatic N) is 1. The molecule has 1 aromatic heterocycles. The number of halogens is 2. The van der Waals surface area contributed by atoms with Crippen molar-refractivity contribution in [3.8, 4) is 0 Å². The average molecular weight is 327 g/mol. The SMILES string of the molecule is Cc1[nH]c(Cc2ccc(Cl)c(Cl)c2)nc(=S)c1C(C)C. The van der Waals surface area contributed by atoms with Gasteiger partial charge in [0.15, 0.2) is 0 Å². The summed E-state index contributed by atoms with van der Waals surface area (Å²) in [6.45, 7) is 6.27. The number of H-pyrrole nitrogens is 1. The minimum Gasteiger partial charge on any atom is -0.347 e. The van der Waals surface area contributed by atoms with Crippen LogP contribution >= 0.6 is 35.4 Å². The van der Waals surface area contributed by atoms with Crippen molar-refractivity contribution in [3.63, 3.8) is 0 Å². The molecule has 5 heteroatoms. The third kappa shape index (κ3) is 3.40. The topological polar surface area (TPSA) is 28.7 Å². The Morgan fingerprint density at radius 2 is 1.95 bits per heavy atom. The fourth-order valence-corrected chi connectivity index (χ4v) is 3.08. The first-order valence-corrected chi connectivity index (χ1v) is 7.58. The molecule has 2 nitrogen and oxygen atoms in total. The highest BCUT2D eigenvalue weighted by atomic mass is 35.5. The molecule has 20 heavy (non-hydrogen) atoms. The van der Waals surface area contributed by atoms with E-state index in [-0.39, 0.29) is 0 Å². The molecule has 0 atom stereocenters. The van der Waals surface area contributed by atoms with Crippen molar-refractivity contribution < 1.29 is 0 Å². The largest absolute Gasteiger partial charge is 0.347 e. The summed E-state index contributed by atoms with van der Waals surface area (Å²) in [5.41, 5.74) is 3.24. The van der Waals surface area contributed by atoms with Crippen LogP contribution in [-0.4, -0.2) is 9.97 Å². The molecule has 0 bridgehead atoms. The Bertz CT molecular complexity index is 693. The summed E-state index contributed by atoms with van der Waals surface area (Å²) in [7, 11) is 0. The molecule has 0 fully saturated rings. The van der Waals surface area contributed by atoms with Crippen LogP contribution < -0.4 is 0 Å². The molecule has 0 aliphatic heterocycles. The summed E-state index contributed by atoms with van der Waals surface area (Å²) < 4.78 is 0.673. The van der Waals surface area contributed by atoms with Gasteiger partial charge in [0.1, 0.15) is 10.5 Å². The van der Waals surface area contributed by atoms with Gasteiger partial charge in [0, 0.05) is 17.7 Å². The zero-order valence-corrected chi connectivity index (χ0v) is 14.0. The summed E-state index contributed by atoms with van der Waals surface area (Å²) in [6.07, 6.45) is 0.653. The van der Waals surface area contributed by atoms with Gasteiger partial charge in [-0.25, -0.2) is 4.98 Å². The Morgan fingerprint density at radius 1 is 1.25 bits per heavy atom. The van der Waals surface area contributed by atoms with Gasteiger partial charge < -0.3 is 4.98 Å². The number of rotatable bonds is 3. The van der Waals surface area contributed by atoms with E-state index in [0.29, 0.717) is 27.0 Å². The average Bonchev–Trinajstić information content (AvgIpc) is 2.32. The number of benzene rings is 1. The van der Waals surface area contributed by atoms with Crippen LogP contribution in [0.25, 0.3) is 0 Å². The van der Waals surface area contributed by atoms with Gasteiger partial charge in [-0.2, -0.15) is 0 Å². The van der Waals surface area contributed by atoms with E-state index in [4.69, 9.17) is 35.4 Å². The van der Waals surface area contributed by atoms with Crippen LogP contribution in [0.3, 0.4) is 0 Å². The smallest absolute Gasteiger partial charge is 0.133 e. The zero-order valence-electron chi connectivity index (χ0n) is 11.6. The zero-order chi connectivity index (χ0) is 14.9. The van der Waals surface area contributed by atoms with Crippen molar-refractivity contribution in [1.82, 2.24) is 9.97 Å². The molecule has 0 unspecified atom stereocenters. The van der Waals surface area contributed by atoms with E-state index in [2.05, 4.69) is 23.8 Å². The van der Waals surface area contributed by atoms with Gasteiger partial charge in [-0.3, -0.25) is 0 Å². The predicted octanol–water partition coefficient (Wildman–Crippen LogP) is 5.47. The Balaban J connectivity index is 2.35. The first kappa shape index (κ1) is 15.5. The predicted molar refractivity (Wildman–Crippen MR) is 87.5 cm³/mol. The number of aromatic amines is 1. The molecule has 0 aliphatic rings. The van der Waals surface area contributed by atoms with E-state index < -0.39 is 0 Å². The maximum Gasteiger partial charge on any atom is 0.133 e. The third-order valence-electron chi connectivity index (χ3n) is 3.14. The van der Waals surface area contributed by atoms with Gasteiger partial charge in [0.2, 0.25) is 0 Å². The fourth-order valence-electron chi connectivity index (χ4n) is 2.26. The normalized spacial score (nSPS) is 11.1. The number of nitrogens with one attached hydrogen (secondary N) is 1. The Hall–Kier alpha value is -0.900. The van der Waals surface area contributed by atoms with Gasteiger partial charge in [-0.1, -0.05) is 55.3 Å². The molecule has 1 heterocycles. The van der Waals surface area contributed by atoms with E-state index in [1.165, 1.54) is 0 Å². The van der Waals surface area contributed by atoms with Crippen LogP contribution in [0.5, 0.6) is 0 Å². The number of aryl methyl sites for hydroxylation is 1. The first-order chi connectivity index (χ1) is 9.38. The first-order valence-electron chi connectivity index (χ1n) is 6.42. The molecule has 0 saturated heterocycles. The lowest BCUT2D eigenvalue weighted by molar-refractivity contribution is 0.803. The molecule has 0 amide bonds. The minimum absolute atomic E-state index is 0.366. The highest BCUT2D eigenvalue weighted by molar-refractivity contribution is 7.71. The van der Waals surface area contributed by atoms with Gasteiger partial charge in [-0.15, -0.1) is 0 Å². The molecule has 1 aromatic carbocycles. The van der Waals surface area contributed by atoms with E-state index in [1.807, 2.05) is 19.1 Å². The molecular weight excluding hydrogens is 311 g/mol. The lowest BCUT2D eigenvalue weighted by Gasteiger charge is -2.12. The molecule has 0 aliphatic carbocycles. The van der Waals surface area contributed by atoms with Crippen molar-refractivity contribution in [2.24, 2.45) is 0 Å². The van der Waals surface area contributed by atoms with Gasteiger partial charge >= 0.3 is 0 Å². The number of aromatic nitrogens is 2. The highest BCUT2D eigenvalue weighted by Crippen LogP contribution is 2.24. The van der Waals surface area contributed by atoms with Gasteiger partial charge in [0.05, 0.1) is 10.0 Å². The molecule has 0 saturated carbocycles. The van der Waals surface area contributed by atoms with Gasteiger partial charge in [0.25, 0.3) is 0 Å². The van der Waals surface area contributed by atoms with E-state index in [9.17, 15) is 0 Å². The lowest BCUT2D eigenvalue weighted by Crippen LogP contribution is -2.05. The minimum atomic E-state index is 0.366. The number of hydrogen-bond acceptors (Lipinski definition) is 2. The molecule has 106 valence electrons. The lowest BCUT2D eigenvalue weighted by atomic mass is 10.0. The summed E-state index contributed by atoms with van der Waals surface area (Å²) in [5, 5.41) is 1.11. The molecule has 2 aromatic rings. The molecule has 0 radical (unpaired) electrons. The van der Waals surface area contributed by atoms with Crippen LogP contribution in [0.4, 0.5) is 0 Å². The van der Waals surface area contributed by atoms with Crippen molar-refractivity contribution in [1.29, 1.82) is 0 Å². The summed E-state index contributed by atoms with van der Waals surface area (Å²) in [4.78, 5) is 7.81.